The van der Waals surface area contributed by atoms with E-state index in [-0.39, 0.29) is 12.5 Å². The van der Waals surface area contributed by atoms with Crippen LogP contribution >= 0.6 is 0 Å². The zero-order chi connectivity index (χ0) is 19.3. The fourth-order valence-corrected chi connectivity index (χ4v) is 3.09. The Hall–Kier alpha value is -3.41. The summed E-state index contributed by atoms with van der Waals surface area (Å²) in [5, 5.41) is 2.08. The number of fused-ring (bicyclic) bond motifs is 1. The number of aromatic amines is 1. The van der Waals surface area contributed by atoms with Gasteiger partial charge in [0.25, 0.3) is 0 Å². The third-order valence-corrected chi connectivity index (χ3v) is 4.51. The van der Waals surface area contributed by atoms with E-state index in [9.17, 15) is 4.79 Å². The van der Waals surface area contributed by atoms with E-state index in [0.717, 1.165) is 32.8 Å². The van der Waals surface area contributed by atoms with Crippen LogP contribution in [0, 0.1) is 0 Å². The number of hydrogen-bond acceptors (Lipinski definition) is 3. The van der Waals surface area contributed by atoms with Gasteiger partial charge in [-0.15, -0.1) is 0 Å². The summed E-state index contributed by atoms with van der Waals surface area (Å²) in [6, 6.07) is 25.3. The molecule has 28 heavy (non-hydrogen) atoms. The molecular formula is C23H20N2O3. The van der Waals surface area contributed by atoms with Gasteiger partial charge >= 0.3 is 5.91 Å². The number of aromatic nitrogens is 1. The molecule has 1 heterocycles. The van der Waals surface area contributed by atoms with Gasteiger partial charge in [-0.05, 0) is 58.5 Å². The van der Waals surface area contributed by atoms with Crippen molar-refractivity contribution < 1.29 is 14.5 Å². The molecule has 4 rings (SSSR count). The molecule has 0 bridgehead atoms. The summed E-state index contributed by atoms with van der Waals surface area (Å²) in [7, 11) is 1.41. The third kappa shape index (κ3) is 3.81. The van der Waals surface area contributed by atoms with Crippen LogP contribution in [0.15, 0.2) is 85.1 Å². The van der Waals surface area contributed by atoms with Gasteiger partial charge in [0.05, 0.1) is 7.11 Å². The monoisotopic (exact) mass is 372 g/mol. The van der Waals surface area contributed by atoms with Gasteiger partial charge in [-0.3, -0.25) is 4.79 Å². The summed E-state index contributed by atoms with van der Waals surface area (Å²) in [5.74, 6) is -0.350. The number of rotatable bonds is 6. The Morgan fingerprint density at radius 2 is 1.75 bits per heavy atom. The number of nitrogens with zero attached hydrogens (tertiary/aromatic N) is 1. The van der Waals surface area contributed by atoms with Gasteiger partial charge in [0.1, 0.15) is 6.61 Å². The molecule has 1 aromatic heterocycles. The van der Waals surface area contributed by atoms with Crippen molar-refractivity contribution in [2.24, 2.45) is 0 Å². The molecule has 140 valence electrons. The summed E-state index contributed by atoms with van der Waals surface area (Å²) in [6.07, 6.45) is 1.93. The van der Waals surface area contributed by atoms with Crippen molar-refractivity contribution in [3.8, 4) is 11.1 Å². The van der Waals surface area contributed by atoms with Crippen LogP contribution in [0.25, 0.3) is 22.0 Å². The summed E-state index contributed by atoms with van der Waals surface area (Å²) >= 11 is 0. The van der Waals surface area contributed by atoms with Crippen LogP contribution in [-0.2, 0) is 16.3 Å². The minimum absolute atomic E-state index is 0.215. The highest BCUT2D eigenvalue weighted by Crippen LogP contribution is 2.25. The topological polar surface area (TPSA) is 54.6 Å². The molecule has 0 spiro atoms. The molecular weight excluding hydrogens is 352 g/mol. The van der Waals surface area contributed by atoms with Gasteiger partial charge in [0.15, 0.2) is 0 Å². The van der Waals surface area contributed by atoms with E-state index in [1.54, 1.807) is 24.3 Å². The largest absolute Gasteiger partial charge is 0.361 e. The molecule has 4 aromatic rings. The highest BCUT2D eigenvalue weighted by atomic mass is 16.9. The second kappa shape index (κ2) is 8.08. The van der Waals surface area contributed by atoms with Gasteiger partial charge in [-0.1, -0.05) is 47.7 Å². The van der Waals surface area contributed by atoms with E-state index >= 15 is 0 Å². The number of nitrogens with one attached hydrogen (secondary N) is 1. The molecule has 0 aliphatic heterocycles. The predicted molar refractivity (Wildman–Crippen MR) is 108 cm³/mol. The van der Waals surface area contributed by atoms with Crippen LogP contribution in [0.2, 0.25) is 0 Å². The SMILES string of the molecule is CON(OCc1cccc(-c2ccc3[nH]ccc3c2)c1)C(=O)c1ccccc1. The Morgan fingerprint density at radius 3 is 2.57 bits per heavy atom. The molecule has 0 atom stereocenters. The highest BCUT2D eigenvalue weighted by Gasteiger charge is 2.16. The van der Waals surface area contributed by atoms with Crippen LogP contribution in [0.3, 0.4) is 0 Å². The quantitative estimate of drug-likeness (QED) is 0.486. The average molecular weight is 372 g/mol. The first kappa shape index (κ1) is 18.0. The highest BCUT2D eigenvalue weighted by molar-refractivity contribution is 5.92. The van der Waals surface area contributed by atoms with E-state index in [1.807, 2.05) is 24.4 Å². The number of hydrogen-bond donors (Lipinski definition) is 1. The van der Waals surface area contributed by atoms with E-state index < -0.39 is 0 Å². The van der Waals surface area contributed by atoms with Crippen molar-refractivity contribution in [1.82, 2.24) is 10.2 Å². The lowest BCUT2D eigenvalue weighted by molar-refractivity contribution is -0.320. The second-order valence-corrected chi connectivity index (χ2v) is 6.36. The maximum Gasteiger partial charge on any atom is 0.303 e. The van der Waals surface area contributed by atoms with Crippen LogP contribution in [-0.4, -0.2) is 23.2 Å². The van der Waals surface area contributed by atoms with Crippen LogP contribution < -0.4 is 0 Å². The zero-order valence-electron chi connectivity index (χ0n) is 15.5. The molecule has 0 fully saturated rings. The number of carbonyl (C=O) groups excluding carboxylic acids is 1. The second-order valence-electron chi connectivity index (χ2n) is 6.36. The molecule has 0 unspecified atom stereocenters. The van der Waals surface area contributed by atoms with Gasteiger partial charge in [-0.25, -0.2) is 9.68 Å². The molecule has 0 aliphatic carbocycles. The third-order valence-electron chi connectivity index (χ3n) is 4.51. The Kier molecular flexibility index (Phi) is 5.19. The number of benzene rings is 3. The lowest BCUT2D eigenvalue weighted by Crippen LogP contribution is -2.30. The van der Waals surface area contributed by atoms with Crippen molar-refractivity contribution >= 4 is 16.8 Å². The maximum atomic E-state index is 12.5. The summed E-state index contributed by atoms with van der Waals surface area (Å²) in [5.41, 5.74) is 4.76. The molecule has 0 saturated carbocycles. The van der Waals surface area contributed by atoms with Crippen LogP contribution in [0.4, 0.5) is 0 Å². The number of hydroxylamine groups is 2. The van der Waals surface area contributed by atoms with E-state index in [1.165, 1.54) is 7.11 Å². The minimum atomic E-state index is -0.350. The molecule has 5 nitrogen and oxygen atoms in total. The van der Waals surface area contributed by atoms with Crippen molar-refractivity contribution in [1.29, 1.82) is 0 Å². The molecule has 0 radical (unpaired) electrons. The fraction of sp³-hybridized carbons (Fsp3) is 0.0870. The Balaban J connectivity index is 1.49. The van der Waals surface area contributed by atoms with Crippen LogP contribution in [0.5, 0.6) is 0 Å². The standard InChI is InChI=1S/C23H20N2O3/c1-27-25(23(26)18-7-3-2-4-8-18)28-16-17-6-5-9-19(14-17)20-10-11-22-21(15-20)12-13-24-22/h2-15,24H,16H2,1H3. The number of carbonyl (C=O) groups is 1. The van der Waals surface area contributed by atoms with Crippen LogP contribution in [0.1, 0.15) is 15.9 Å². The van der Waals surface area contributed by atoms with Gasteiger partial charge in [0, 0.05) is 17.3 Å². The van der Waals surface area contributed by atoms with Crippen molar-refractivity contribution in [3.63, 3.8) is 0 Å². The number of H-pyrrole nitrogens is 1. The number of amides is 1. The first-order chi connectivity index (χ1) is 13.7. The van der Waals surface area contributed by atoms with Crippen molar-refractivity contribution in [3.05, 3.63) is 96.2 Å². The zero-order valence-corrected chi connectivity index (χ0v) is 15.5. The molecule has 1 amide bonds. The predicted octanol–water partition coefficient (Wildman–Crippen LogP) is 4.97. The Labute approximate surface area is 163 Å². The van der Waals surface area contributed by atoms with Crippen molar-refractivity contribution in [2.75, 3.05) is 7.11 Å². The summed E-state index contributed by atoms with van der Waals surface area (Å²) in [4.78, 5) is 26.4. The average Bonchev–Trinajstić information content (AvgIpc) is 3.23. The first-order valence-corrected chi connectivity index (χ1v) is 8.97. The first-order valence-electron chi connectivity index (χ1n) is 8.97. The Bertz CT molecular complexity index is 1090. The fourth-order valence-electron chi connectivity index (χ4n) is 3.09. The molecule has 0 aliphatic rings. The Morgan fingerprint density at radius 1 is 0.929 bits per heavy atom. The molecule has 1 N–H and O–H groups in total. The molecule has 3 aromatic carbocycles. The smallest absolute Gasteiger partial charge is 0.303 e. The van der Waals surface area contributed by atoms with E-state index in [2.05, 4.69) is 41.4 Å². The van der Waals surface area contributed by atoms with Gasteiger partial charge in [0.2, 0.25) is 0 Å². The van der Waals surface area contributed by atoms with E-state index in [4.69, 9.17) is 9.68 Å². The molecule has 0 saturated heterocycles. The lowest BCUT2D eigenvalue weighted by Gasteiger charge is -2.18. The summed E-state index contributed by atoms with van der Waals surface area (Å²) < 4.78 is 0. The summed E-state index contributed by atoms with van der Waals surface area (Å²) in [6.45, 7) is 0.215. The lowest BCUT2D eigenvalue weighted by atomic mass is 10.0. The minimum Gasteiger partial charge on any atom is -0.361 e. The van der Waals surface area contributed by atoms with Crippen molar-refractivity contribution in [2.45, 2.75) is 6.61 Å². The maximum absolute atomic E-state index is 12.5. The normalized spacial score (nSPS) is 10.9. The van der Waals surface area contributed by atoms with Gasteiger partial charge in [-0.2, -0.15) is 0 Å². The molecule has 5 heteroatoms. The van der Waals surface area contributed by atoms with E-state index in [0.29, 0.717) is 5.56 Å². The van der Waals surface area contributed by atoms with Gasteiger partial charge < -0.3 is 4.98 Å².